The van der Waals surface area contributed by atoms with E-state index >= 15 is 0 Å². The van der Waals surface area contributed by atoms with E-state index in [0.29, 0.717) is 25.7 Å². The van der Waals surface area contributed by atoms with Crippen LogP contribution in [0.1, 0.15) is 374 Å². The summed E-state index contributed by atoms with van der Waals surface area (Å²) >= 11 is 0. The largest absolute Gasteiger partial charge is 0.472 e. The molecule has 0 aliphatic carbocycles. The van der Waals surface area contributed by atoms with Gasteiger partial charge in [-0.25, -0.2) is 9.13 Å². The van der Waals surface area contributed by atoms with E-state index < -0.39 is 97.5 Å². The Morgan fingerprint density at radius 1 is 0.296 bits per heavy atom. The molecule has 0 aromatic rings. The molecule has 0 heterocycles. The number of esters is 4. The second-order valence-corrected chi connectivity index (χ2v) is 29.9. The number of carbonyl (C=O) groups excluding carboxylic acids is 4. The predicted octanol–water partition coefficient (Wildman–Crippen LogP) is 22.9. The minimum atomic E-state index is -4.97. The van der Waals surface area contributed by atoms with E-state index in [1.807, 2.05) is 0 Å². The minimum Gasteiger partial charge on any atom is -0.462 e. The molecule has 5 unspecified atom stereocenters. The van der Waals surface area contributed by atoms with Crippen LogP contribution in [0.4, 0.5) is 0 Å². The lowest BCUT2D eigenvalue weighted by Gasteiger charge is -2.21. The average molecular weight is 1430 g/mol. The molecular formula is C79H146O17P2. The third-order valence-electron chi connectivity index (χ3n) is 17.3. The van der Waals surface area contributed by atoms with Crippen molar-refractivity contribution in [3.8, 4) is 0 Å². The van der Waals surface area contributed by atoms with Crippen LogP contribution in [0, 0.1) is 0 Å². The molecular weight excluding hydrogens is 1280 g/mol. The Morgan fingerprint density at radius 3 is 0.837 bits per heavy atom. The number of carbonyl (C=O) groups is 4. The molecule has 574 valence electrons. The Bertz CT molecular complexity index is 2050. The molecule has 0 saturated carbocycles. The standard InChI is InChI=1S/C79H146O17P2/c1-5-9-13-17-21-25-29-33-36-40-43-47-51-55-59-63-76(81)89-69-74(95-78(83)65-61-57-53-49-45-39-32-28-24-20-16-12-8-4)71-93-97(85,86)91-67-73(80)68-92-98(87,88)94-72-75(96-79(84)66-62-58-54-50-46-42-38-35-31-27-23-19-15-11-7-3)70-90-77(82)64-60-56-52-48-44-41-37-34-30-26-22-18-14-10-6-2/h9,13,21,25,28,32-33,36,73-75,80H,5-8,10-12,14-20,22-24,26-27,29-31,34-35,37-72H2,1-4H3,(H,85,86)(H,87,88)/b13-9-,25-21-,32-28-,36-33-. The van der Waals surface area contributed by atoms with Crippen molar-refractivity contribution < 1.29 is 80.2 Å². The molecule has 17 nitrogen and oxygen atoms in total. The number of aliphatic hydroxyl groups excluding tert-OH is 1. The van der Waals surface area contributed by atoms with Crippen molar-refractivity contribution in [2.45, 2.75) is 393 Å². The molecule has 0 aliphatic rings. The molecule has 0 spiro atoms. The number of aliphatic hydroxyl groups is 1. The first-order valence-electron chi connectivity index (χ1n) is 39.9. The summed E-state index contributed by atoms with van der Waals surface area (Å²) < 4.78 is 68.6. The molecule has 0 aromatic carbocycles. The Kier molecular flexibility index (Phi) is 70.2. The number of phosphoric acid groups is 2. The van der Waals surface area contributed by atoms with Crippen LogP contribution in [0.5, 0.6) is 0 Å². The fourth-order valence-electron chi connectivity index (χ4n) is 11.2. The monoisotopic (exact) mass is 1430 g/mol. The number of hydrogen-bond acceptors (Lipinski definition) is 15. The van der Waals surface area contributed by atoms with Crippen molar-refractivity contribution in [2.75, 3.05) is 39.6 Å². The van der Waals surface area contributed by atoms with E-state index in [0.717, 1.165) is 135 Å². The minimum absolute atomic E-state index is 0.0856. The van der Waals surface area contributed by atoms with Crippen LogP contribution in [0.15, 0.2) is 48.6 Å². The van der Waals surface area contributed by atoms with Gasteiger partial charge in [-0.05, 0) is 83.5 Å². The van der Waals surface area contributed by atoms with E-state index in [-0.39, 0.29) is 25.7 Å². The van der Waals surface area contributed by atoms with Crippen LogP contribution in [-0.2, 0) is 65.4 Å². The Hall–Kier alpha value is -2.98. The first-order valence-corrected chi connectivity index (χ1v) is 42.9. The maximum Gasteiger partial charge on any atom is 0.472 e. The van der Waals surface area contributed by atoms with E-state index in [4.69, 9.17) is 37.0 Å². The summed E-state index contributed by atoms with van der Waals surface area (Å²) in [4.78, 5) is 72.9. The highest BCUT2D eigenvalue weighted by molar-refractivity contribution is 7.47. The molecule has 0 saturated heterocycles. The molecule has 0 fully saturated rings. The molecule has 0 aliphatic heterocycles. The number of phosphoric ester groups is 2. The zero-order chi connectivity index (χ0) is 71.8. The molecule has 0 rings (SSSR count). The normalized spacial score (nSPS) is 14.2. The fourth-order valence-corrected chi connectivity index (χ4v) is 12.8. The zero-order valence-electron chi connectivity index (χ0n) is 62.7. The molecule has 3 N–H and O–H groups in total. The summed E-state index contributed by atoms with van der Waals surface area (Å²) in [5, 5.41) is 10.6. The van der Waals surface area contributed by atoms with Gasteiger partial charge in [-0.1, -0.05) is 314 Å². The summed E-state index contributed by atoms with van der Waals surface area (Å²) in [7, 11) is -9.94. The SMILES string of the molecule is CC/C=C\C/C=C\C/C=C\CCCCCCCC(=O)OCC(COP(=O)(O)OCC(O)COP(=O)(O)OCC(COC(=O)CCCCCCCCCCCCCCCCC)OC(=O)CCCCCCCCCCCCCCCCC)OC(=O)CCCCCCC/C=C\CCCCCC. The van der Waals surface area contributed by atoms with Crippen molar-refractivity contribution >= 4 is 39.5 Å². The Morgan fingerprint density at radius 2 is 0.531 bits per heavy atom. The van der Waals surface area contributed by atoms with Crippen LogP contribution < -0.4 is 0 Å². The van der Waals surface area contributed by atoms with Gasteiger partial charge >= 0.3 is 39.5 Å². The molecule has 0 radical (unpaired) electrons. The number of allylic oxidation sites excluding steroid dienone is 8. The van der Waals surface area contributed by atoms with Crippen molar-refractivity contribution in [1.29, 1.82) is 0 Å². The highest BCUT2D eigenvalue weighted by Gasteiger charge is 2.30. The van der Waals surface area contributed by atoms with Crippen molar-refractivity contribution in [3.05, 3.63) is 48.6 Å². The quantitative estimate of drug-likeness (QED) is 0.0169. The van der Waals surface area contributed by atoms with Crippen LogP contribution >= 0.6 is 15.6 Å². The summed E-state index contributed by atoms with van der Waals surface area (Å²) in [5.41, 5.74) is 0. The summed E-state index contributed by atoms with van der Waals surface area (Å²) in [6.07, 6.45) is 69.4. The number of ether oxygens (including phenoxy) is 4. The van der Waals surface area contributed by atoms with Crippen LogP contribution in [0.3, 0.4) is 0 Å². The first-order chi connectivity index (χ1) is 47.7. The topological polar surface area (TPSA) is 237 Å². The van der Waals surface area contributed by atoms with Gasteiger partial charge < -0.3 is 33.8 Å². The van der Waals surface area contributed by atoms with Crippen molar-refractivity contribution in [2.24, 2.45) is 0 Å². The third kappa shape index (κ3) is 71.4. The number of unbranched alkanes of at least 4 members (excludes halogenated alkanes) is 42. The molecule has 0 aromatic heterocycles. The Labute approximate surface area is 597 Å². The second kappa shape index (κ2) is 72.4. The van der Waals surface area contributed by atoms with E-state index in [1.54, 1.807) is 0 Å². The van der Waals surface area contributed by atoms with Gasteiger partial charge in [0.2, 0.25) is 0 Å². The van der Waals surface area contributed by atoms with Gasteiger partial charge in [0, 0.05) is 25.7 Å². The lowest BCUT2D eigenvalue weighted by atomic mass is 10.0. The summed E-state index contributed by atoms with van der Waals surface area (Å²) in [6.45, 7) is 4.81. The smallest absolute Gasteiger partial charge is 0.462 e. The van der Waals surface area contributed by atoms with Gasteiger partial charge in [-0.3, -0.25) is 37.3 Å². The van der Waals surface area contributed by atoms with Crippen molar-refractivity contribution in [3.63, 3.8) is 0 Å². The molecule has 19 heteroatoms. The van der Waals surface area contributed by atoms with Crippen molar-refractivity contribution in [1.82, 2.24) is 0 Å². The highest BCUT2D eigenvalue weighted by atomic mass is 31.2. The lowest BCUT2D eigenvalue weighted by molar-refractivity contribution is -0.161. The van der Waals surface area contributed by atoms with Gasteiger partial charge in [0.05, 0.1) is 26.4 Å². The number of hydrogen-bond donors (Lipinski definition) is 3. The van der Waals surface area contributed by atoms with E-state index in [9.17, 15) is 43.2 Å². The van der Waals surface area contributed by atoms with Crippen LogP contribution in [-0.4, -0.2) is 96.7 Å². The molecule has 0 amide bonds. The maximum atomic E-state index is 13.1. The van der Waals surface area contributed by atoms with Gasteiger partial charge in [-0.15, -0.1) is 0 Å². The fraction of sp³-hybridized carbons (Fsp3) is 0.848. The molecule has 0 bridgehead atoms. The molecule has 5 atom stereocenters. The van der Waals surface area contributed by atoms with E-state index in [1.165, 1.54) is 161 Å². The first kappa shape index (κ1) is 95.0. The van der Waals surface area contributed by atoms with Gasteiger partial charge in [0.15, 0.2) is 12.2 Å². The zero-order valence-corrected chi connectivity index (χ0v) is 64.5. The highest BCUT2D eigenvalue weighted by Crippen LogP contribution is 2.45. The van der Waals surface area contributed by atoms with Crippen LogP contribution in [0.2, 0.25) is 0 Å². The number of rotatable bonds is 76. The van der Waals surface area contributed by atoms with Crippen LogP contribution in [0.25, 0.3) is 0 Å². The van der Waals surface area contributed by atoms with Gasteiger partial charge in [-0.2, -0.15) is 0 Å². The average Bonchev–Trinajstić information content (AvgIpc) is 0.959. The Balaban J connectivity index is 5.31. The predicted molar refractivity (Wildman–Crippen MR) is 400 cm³/mol. The second-order valence-electron chi connectivity index (χ2n) is 27.0. The molecule has 98 heavy (non-hydrogen) atoms. The lowest BCUT2D eigenvalue weighted by Crippen LogP contribution is -2.30. The van der Waals surface area contributed by atoms with E-state index in [2.05, 4.69) is 76.3 Å². The van der Waals surface area contributed by atoms with Gasteiger partial charge in [0.25, 0.3) is 0 Å². The maximum absolute atomic E-state index is 13.1. The summed E-state index contributed by atoms with van der Waals surface area (Å²) in [5.74, 6) is -2.16. The van der Waals surface area contributed by atoms with Gasteiger partial charge in [0.1, 0.15) is 19.3 Å². The third-order valence-corrected chi connectivity index (χ3v) is 19.2. The summed E-state index contributed by atoms with van der Waals surface area (Å²) in [6, 6.07) is 0.